The molecule has 0 saturated carbocycles. The number of nitrogens with zero attached hydrogens (tertiary/aromatic N) is 6. The van der Waals surface area contributed by atoms with Crippen molar-refractivity contribution in [3.05, 3.63) is 126 Å². The van der Waals surface area contributed by atoms with Crippen LogP contribution in [0.1, 0.15) is 54.9 Å². The quantitative estimate of drug-likeness (QED) is 0.127. The van der Waals surface area contributed by atoms with E-state index < -0.39 is 0 Å². The molecule has 0 radical (unpaired) electrons. The van der Waals surface area contributed by atoms with E-state index in [0.29, 0.717) is 12.1 Å². The largest absolute Gasteiger partial charge is 0.394 e. The first kappa shape index (κ1) is 30.4. The van der Waals surface area contributed by atoms with Gasteiger partial charge in [-0.25, -0.2) is 4.68 Å². The first-order chi connectivity index (χ1) is 22.1. The van der Waals surface area contributed by atoms with E-state index in [2.05, 4.69) is 81.0 Å². The maximum atomic E-state index is 9.96. The summed E-state index contributed by atoms with van der Waals surface area (Å²) in [6, 6.07) is 33.2. The summed E-state index contributed by atoms with van der Waals surface area (Å²) < 4.78 is 1.72. The predicted molar refractivity (Wildman–Crippen MR) is 178 cm³/mol. The molecule has 0 unspecified atom stereocenters. The Kier molecular flexibility index (Phi) is 9.73. The van der Waals surface area contributed by atoms with Gasteiger partial charge in [0.05, 0.1) is 30.3 Å². The number of oxime groups is 1. The number of hydrogen-bond acceptors (Lipinski definition) is 7. The lowest BCUT2D eigenvalue weighted by Crippen LogP contribution is -2.32. The summed E-state index contributed by atoms with van der Waals surface area (Å²) in [7, 11) is 0. The molecule has 5 aromatic rings. The zero-order valence-corrected chi connectivity index (χ0v) is 26.0. The highest BCUT2D eigenvalue weighted by molar-refractivity contribution is 5.82. The van der Waals surface area contributed by atoms with Crippen molar-refractivity contribution >= 4 is 5.71 Å². The fourth-order valence-corrected chi connectivity index (χ4v) is 5.75. The summed E-state index contributed by atoms with van der Waals surface area (Å²) in [5.41, 5.74) is 9.77. The Morgan fingerprint density at radius 3 is 2.36 bits per heavy atom. The average molecular weight is 601 g/mol. The molecule has 0 amide bonds. The van der Waals surface area contributed by atoms with Crippen LogP contribution in [0, 0.1) is 0 Å². The summed E-state index contributed by atoms with van der Waals surface area (Å²) in [4.78, 5) is 13.5. The molecule has 8 nitrogen and oxygen atoms in total. The number of fused-ring (bicyclic) bond motifs is 1. The van der Waals surface area contributed by atoms with Crippen molar-refractivity contribution in [1.29, 1.82) is 0 Å². The van der Waals surface area contributed by atoms with Gasteiger partial charge in [-0.05, 0) is 43.0 Å². The number of aromatic nitrogens is 4. The normalized spacial score (nSPS) is 15.0. The van der Waals surface area contributed by atoms with Crippen molar-refractivity contribution in [2.45, 2.75) is 51.8 Å². The molecule has 3 heterocycles. The van der Waals surface area contributed by atoms with Crippen molar-refractivity contribution in [1.82, 2.24) is 24.9 Å². The number of hydrogen-bond donors (Lipinski definition) is 1. The molecule has 0 spiro atoms. The van der Waals surface area contributed by atoms with Crippen LogP contribution in [-0.2, 0) is 24.2 Å². The topological polar surface area (TPSA) is 88.7 Å². The van der Waals surface area contributed by atoms with E-state index in [1.807, 2.05) is 56.4 Å². The van der Waals surface area contributed by atoms with Crippen molar-refractivity contribution in [3.63, 3.8) is 0 Å². The minimum absolute atomic E-state index is 0.0248. The van der Waals surface area contributed by atoms with Crippen LogP contribution in [0.3, 0.4) is 0 Å². The third-order valence-corrected chi connectivity index (χ3v) is 8.38. The molecule has 8 heteroatoms. The van der Waals surface area contributed by atoms with E-state index in [-0.39, 0.29) is 18.8 Å². The molecule has 0 aliphatic carbocycles. The van der Waals surface area contributed by atoms with Gasteiger partial charge < -0.3 is 9.94 Å². The molecule has 1 aliphatic rings. The van der Waals surface area contributed by atoms with E-state index in [1.165, 1.54) is 22.4 Å². The SMILES string of the molecule is CC(CCN1CCc2nc(-c3ccccc3)c(-c3ccccc3)cc2C1)=NO[C@H](C)c1cn([C@H](CO)Cc2ccccc2)nn1. The first-order valence-electron chi connectivity index (χ1n) is 15.7. The fourth-order valence-electron chi connectivity index (χ4n) is 5.75. The van der Waals surface area contributed by atoms with Crippen molar-refractivity contribution in [3.8, 4) is 22.4 Å². The molecule has 2 aromatic heterocycles. The molecule has 6 rings (SSSR count). The zero-order valence-electron chi connectivity index (χ0n) is 26.0. The highest BCUT2D eigenvalue weighted by Crippen LogP contribution is 2.34. The molecular weight excluding hydrogens is 560 g/mol. The number of aliphatic hydroxyl groups excluding tert-OH is 1. The molecule has 3 aromatic carbocycles. The first-order valence-corrected chi connectivity index (χ1v) is 15.7. The van der Waals surface area contributed by atoms with Gasteiger partial charge in [0.25, 0.3) is 0 Å². The third-order valence-electron chi connectivity index (χ3n) is 8.38. The van der Waals surface area contributed by atoms with Crippen LogP contribution in [0.4, 0.5) is 0 Å². The predicted octanol–water partition coefficient (Wildman–Crippen LogP) is 6.69. The van der Waals surface area contributed by atoms with E-state index in [9.17, 15) is 5.11 Å². The minimum Gasteiger partial charge on any atom is -0.394 e. The standard InChI is InChI=1S/C37H40N6O2/c1-27(40-45-28(2)36-25-43(41-39-36)33(26-44)22-29-12-6-3-7-13-29)18-20-42-21-19-35-32(24-42)23-34(30-14-8-4-9-15-30)37(38-35)31-16-10-5-11-17-31/h3-17,23,25,28,33,44H,18-22,24,26H2,1-2H3/t28-,33+/m1/s1. The van der Waals surface area contributed by atoms with Crippen LogP contribution < -0.4 is 0 Å². The van der Waals surface area contributed by atoms with Gasteiger partial charge in [0.1, 0.15) is 5.69 Å². The number of aliphatic hydroxyl groups is 1. The number of benzene rings is 3. The number of pyridine rings is 1. The Bertz CT molecular complexity index is 1710. The molecule has 0 fully saturated rings. The van der Waals surface area contributed by atoms with Crippen molar-refractivity contribution in [2.75, 3.05) is 19.7 Å². The fraction of sp³-hybridized carbons (Fsp3) is 0.297. The summed E-state index contributed by atoms with van der Waals surface area (Å²) in [5.74, 6) is 0. The molecular formula is C37H40N6O2. The Morgan fingerprint density at radius 1 is 0.956 bits per heavy atom. The Labute approximate surface area is 265 Å². The van der Waals surface area contributed by atoms with Crippen LogP contribution >= 0.6 is 0 Å². The summed E-state index contributed by atoms with van der Waals surface area (Å²) in [6.45, 7) is 6.61. The minimum atomic E-state index is -0.354. The molecule has 1 aliphatic heterocycles. The molecule has 45 heavy (non-hydrogen) atoms. The summed E-state index contributed by atoms with van der Waals surface area (Å²) in [5, 5.41) is 22.9. The second kappa shape index (κ2) is 14.4. The van der Waals surface area contributed by atoms with Gasteiger partial charge in [-0.3, -0.25) is 9.88 Å². The molecule has 0 saturated heterocycles. The second-order valence-corrected chi connectivity index (χ2v) is 11.7. The lowest BCUT2D eigenvalue weighted by molar-refractivity contribution is 0.0683. The average Bonchev–Trinajstić information content (AvgIpc) is 3.59. The molecule has 0 bridgehead atoms. The zero-order chi connectivity index (χ0) is 31.0. The smallest absolute Gasteiger partial charge is 0.169 e. The van der Waals surface area contributed by atoms with Gasteiger partial charge in [-0.15, -0.1) is 5.10 Å². The van der Waals surface area contributed by atoms with Gasteiger partial charge >= 0.3 is 0 Å². The maximum Gasteiger partial charge on any atom is 0.169 e. The number of rotatable bonds is 12. The Hall–Kier alpha value is -4.66. The summed E-state index contributed by atoms with van der Waals surface area (Å²) >= 11 is 0. The van der Waals surface area contributed by atoms with E-state index in [4.69, 9.17) is 9.82 Å². The van der Waals surface area contributed by atoms with Crippen LogP contribution in [0.5, 0.6) is 0 Å². The van der Waals surface area contributed by atoms with Gasteiger partial charge in [0.2, 0.25) is 0 Å². The molecule has 1 N–H and O–H groups in total. The van der Waals surface area contributed by atoms with Gasteiger partial charge in [0, 0.05) is 49.3 Å². The highest BCUT2D eigenvalue weighted by atomic mass is 16.6. The Morgan fingerprint density at radius 2 is 1.64 bits per heavy atom. The lowest BCUT2D eigenvalue weighted by atomic mass is 9.94. The lowest BCUT2D eigenvalue weighted by Gasteiger charge is -2.29. The molecule has 2 atom stereocenters. The van der Waals surface area contributed by atoms with E-state index in [1.54, 1.807) is 4.68 Å². The van der Waals surface area contributed by atoms with Gasteiger partial charge in [-0.1, -0.05) is 101 Å². The van der Waals surface area contributed by atoms with Gasteiger partial charge in [0.15, 0.2) is 6.10 Å². The van der Waals surface area contributed by atoms with Crippen LogP contribution in [0.15, 0.2) is 108 Å². The van der Waals surface area contributed by atoms with Crippen molar-refractivity contribution < 1.29 is 9.94 Å². The second-order valence-electron chi connectivity index (χ2n) is 11.7. The van der Waals surface area contributed by atoms with Gasteiger partial charge in [-0.2, -0.15) is 0 Å². The maximum absolute atomic E-state index is 9.96. The highest BCUT2D eigenvalue weighted by Gasteiger charge is 2.22. The van der Waals surface area contributed by atoms with E-state index in [0.717, 1.165) is 55.0 Å². The van der Waals surface area contributed by atoms with Crippen LogP contribution in [0.25, 0.3) is 22.4 Å². The summed E-state index contributed by atoms with van der Waals surface area (Å²) in [6.07, 6.45) is 3.88. The Balaban J connectivity index is 1.06. The van der Waals surface area contributed by atoms with E-state index >= 15 is 0 Å². The van der Waals surface area contributed by atoms with Crippen LogP contribution in [0.2, 0.25) is 0 Å². The van der Waals surface area contributed by atoms with Crippen LogP contribution in [-0.4, -0.2) is 55.4 Å². The monoisotopic (exact) mass is 600 g/mol. The third kappa shape index (κ3) is 7.53. The van der Waals surface area contributed by atoms with Crippen molar-refractivity contribution in [2.24, 2.45) is 5.16 Å². The molecule has 230 valence electrons.